The summed E-state index contributed by atoms with van der Waals surface area (Å²) in [5.41, 5.74) is 9.67. The second-order valence-electron chi connectivity index (χ2n) is 11.7. The van der Waals surface area contributed by atoms with Crippen LogP contribution in [0.2, 0.25) is 0 Å². The van der Waals surface area contributed by atoms with E-state index in [1.807, 2.05) is 12.1 Å². The molecular weight excluding hydrogens is 490 g/mol. The van der Waals surface area contributed by atoms with Gasteiger partial charge in [0, 0.05) is 18.8 Å². The van der Waals surface area contributed by atoms with Crippen LogP contribution >= 0.6 is 0 Å². The number of carboxylic acids is 1. The second kappa shape index (κ2) is 19.9. The lowest BCUT2D eigenvalue weighted by molar-refractivity contribution is 0.0697. The van der Waals surface area contributed by atoms with Gasteiger partial charge in [-0.1, -0.05) is 76.0 Å². The summed E-state index contributed by atoms with van der Waals surface area (Å²) in [5, 5.41) is 9.51. The van der Waals surface area contributed by atoms with Gasteiger partial charge in [-0.15, -0.1) is 0 Å². The molecule has 0 unspecified atom stereocenters. The number of nitrogens with zero attached hydrogens (tertiary/aromatic N) is 1. The number of aromatic carboxylic acids is 1. The summed E-state index contributed by atoms with van der Waals surface area (Å²) in [6.45, 7) is 19.0. The number of hydrogen-bond acceptors (Lipinski definition) is 2. The lowest BCUT2D eigenvalue weighted by Crippen LogP contribution is -2.24. The molecule has 0 aliphatic carbocycles. The fourth-order valence-corrected chi connectivity index (χ4v) is 4.33. The van der Waals surface area contributed by atoms with E-state index in [2.05, 4.69) is 96.7 Å². The highest BCUT2D eigenvalue weighted by Crippen LogP contribution is 2.19. The van der Waals surface area contributed by atoms with Gasteiger partial charge < -0.3 is 10.0 Å². The average molecular weight is 546 g/mol. The summed E-state index contributed by atoms with van der Waals surface area (Å²) in [4.78, 5) is 13.9. The minimum atomic E-state index is -0.890. The van der Waals surface area contributed by atoms with Gasteiger partial charge >= 0.3 is 5.97 Å². The summed E-state index contributed by atoms with van der Waals surface area (Å²) in [6, 6.07) is 7.29. The maximum absolute atomic E-state index is 11.6. The third-order valence-electron chi connectivity index (χ3n) is 7.02. The van der Waals surface area contributed by atoms with Crippen molar-refractivity contribution >= 4 is 11.7 Å². The van der Waals surface area contributed by atoms with Crippen molar-refractivity contribution < 1.29 is 9.90 Å². The monoisotopic (exact) mass is 545 g/mol. The summed E-state index contributed by atoms with van der Waals surface area (Å²) in [7, 11) is 0. The molecule has 1 aromatic rings. The molecule has 0 aliphatic heterocycles. The van der Waals surface area contributed by atoms with Crippen LogP contribution in [-0.2, 0) is 0 Å². The molecule has 0 fully saturated rings. The molecule has 3 heteroatoms. The zero-order valence-electron chi connectivity index (χ0n) is 26.6. The van der Waals surface area contributed by atoms with Crippen LogP contribution in [0.4, 0.5) is 5.69 Å². The minimum absolute atomic E-state index is 0.325. The summed E-state index contributed by atoms with van der Waals surface area (Å²) < 4.78 is 0. The maximum Gasteiger partial charge on any atom is 0.335 e. The molecule has 0 bridgehead atoms. The van der Waals surface area contributed by atoms with E-state index < -0.39 is 5.97 Å². The molecule has 0 heterocycles. The fraction of sp³-hybridized carbons (Fsp3) is 0.486. The quantitative estimate of drug-likeness (QED) is 0.186. The van der Waals surface area contributed by atoms with Gasteiger partial charge in [0.25, 0.3) is 0 Å². The molecule has 0 atom stereocenters. The Hall–Kier alpha value is -3.07. The van der Waals surface area contributed by atoms with Crippen LogP contribution < -0.4 is 4.90 Å². The maximum atomic E-state index is 11.6. The van der Waals surface area contributed by atoms with Crippen LogP contribution in [0.1, 0.15) is 117 Å². The zero-order chi connectivity index (χ0) is 29.9. The van der Waals surface area contributed by atoms with E-state index >= 15 is 0 Å². The predicted octanol–water partition coefficient (Wildman–Crippen LogP) is 11.0. The van der Waals surface area contributed by atoms with Crippen molar-refractivity contribution in [2.24, 2.45) is 0 Å². The van der Waals surface area contributed by atoms with Gasteiger partial charge in [-0.3, -0.25) is 0 Å². The molecule has 220 valence electrons. The van der Waals surface area contributed by atoms with E-state index in [0.717, 1.165) is 70.1 Å². The third kappa shape index (κ3) is 16.8. The highest BCUT2D eigenvalue weighted by molar-refractivity contribution is 5.88. The Morgan fingerprint density at radius 1 is 0.625 bits per heavy atom. The van der Waals surface area contributed by atoms with Crippen LogP contribution in [0, 0.1) is 0 Å². The Balaban J connectivity index is 2.83. The van der Waals surface area contributed by atoms with Gasteiger partial charge in [0.15, 0.2) is 0 Å². The molecule has 0 amide bonds. The van der Waals surface area contributed by atoms with E-state index in [-0.39, 0.29) is 0 Å². The first-order valence-electron chi connectivity index (χ1n) is 15.0. The van der Waals surface area contributed by atoms with Gasteiger partial charge in [-0.05, 0) is 125 Å². The molecule has 0 saturated heterocycles. The van der Waals surface area contributed by atoms with Crippen molar-refractivity contribution in [1.29, 1.82) is 0 Å². The van der Waals surface area contributed by atoms with E-state index in [1.54, 1.807) is 12.1 Å². The highest BCUT2D eigenvalue weighted by Gasteiger charge is 2.09. The molecule has 0 aliphatic rings. The molecule has 1 aromatic carbocycles. The Labute approximate surface area is 245 Å². The number of carbonyl (C=O) groups is 1. The predicted molar refractivity (Wildman–Crippen MR) is 176 cm³/mol. The lowest BCUT2D eigenvalue weighted by atomic mass is 10.1. The Morgan fingerprint density at radius 2 is 1.02 bits per heavy atom. The molecular formula is C37H55NO2. The van der Waals surface area contributed by atoms with Gasteiger partial charge in [0.1, 0.15) is 0 Å². The van der Waals surface area contributed by atoms with Crippen molar-refractivity contribution in [1.82, 2.24) is 0 Å². The standard InChI is InChI=1S/C37H55NO2/c1-29(2)14-9-16-31(5)18-11-20-33(7)24-26-38(36-23-13-22-35(28-36)37(39)40)27-25-34(8)21-12-19-32(6)17-10-15-30(3)4/h13-15,18-19,22-25,28H,9-12,16-17,20-21,26-27H2,1-8H3,(H,39,40). The molecule has 0 radical (unpaired) electrons. The minimum Gasteiger partial charge on any atom is -0.478 e. The van der Waals surface area contributed by atoms with Crippen molar-refractivity contribution in [3.8, 4) is 0 Å². The third-order valence-corrected chi connectivity index (χ3v) is 7.02. The number of allylic oxidation sites excluding steroid dienone is 10. The first-order chi connectivity index (χ1) is 19.0. The smallest absolute Gasteiger partial charge is 0.335 e. The highest BCUT2D eigenvalue weighted by atomic mass is 16.4. The Morgan fingerprint density at radius 3 is 1.43 bits per heavy atom. The topological polar surface area (TPSA) is 40.5 Å². The largest absolute Gasteiger partial charge is 0.478 e. The Bertz CT molecular complexity index is 1040. The van der Waals surface area contributed by atoms with Crippen LogP contribution in [0.5, 0.6) is 0 Å². The van der Waals surface area contributed by atoms with Crippen LogP contribution in [-0.4, -0.2) is 24.2 Å². The SMILES string of the molecule is CC(C)=CCCC(C)=CCCC(C)=CCN(CC=C(C)CCC=C(C)CCC=C(C)C)c1cccc(C(=O)O)c1. The Kier molecular flexibility index (Phi) is 17.4. The summed E-state index contributed by atoms with van der Waals surface area (Å²) in [6.07, 6.45) is 22.6. The molecule has 0 aromatic heterocycles. The first-order valence-corrected chi connectivity index (χ1v) is 15.0. The number of rotatable bonds is 18. The molecule has 1 rings (SSSR count). The van der Waals surface area contributed by atoms with E-state index in [4.69, 9.17) is 0 Å². The van der Waals surface area contributed by atoms with E-state index in [9.17, 15) is 9.90 Å². The van der Waals surface area contributed by atoms with Crippen molar-refractivity contribution in [2.75, 3.05) is 18.0 Å². The van der Waals surface area contributed by atoms with Crippen molar-refractivity contribution in [3.63, 3.8) is 0 Å². The normalized spacial score (nSPS) is 12.8. The molecule has 0 saturated carbocycles. The van der Waals surface area contributed by atoms with Crippen LogP contribution in [0.15, 0.2) is 94.2 Å². The molecule has 0 spiro atoms. The van der Waals surface area contributed by atoms with E-state index in [1.165, 1.54) is 33.4 Å². The van der Waals surface area contributed by atoms with Gasteiger partial charge in [-0.25, -0.2) is 4.79 Å². The first kappa shape index (κ1) is 35.0. The molecule has 40 heavy (non-hydrogen) atoms. The molecule has 3 nitrogen and oxygen atoms in total. The lowest BCUT2D eigenvalue weighted by Gasteiger charge is -2.23. The summed E-state index contributed by atoms with van der Waals surface area (Å²) in [5.74, 6) is -0.890. The molecule has 1 N–H and O–H groups in total. The van der Waals surface area contributed by atoms with Crippen LogP contribution in [0.3, 0.4) is 0 Å². The number of benzene rings is 1. The number of hydrogen-bond donors (Lipinski definition) is 1. The zero-order valence-corrected chi connectivity index (χ0v) is 26.6. The average Bonchev–Trinajstić information content (AvgIpc) is 2.88. The number of carboxylic acid groups (broad SMARTS) is 1. The van der Waals surface area contributed by atoms with Gasteiger partial charge in [0.05, 0.1) is 5.56 Å². The van der Waals surface area contributed by atoms with Gasteiger partial charge in [-0.2, -0.15) is 0 Å². The summed E-state index contributed by atoms with van der Waals surface area (Å²) >= 11 is 0. The fourth-order valence-electron chi connectivity index (χ4n) is 4.33. The second-order valence-corrected chi connectivity index (χ2v) is 11.7. The van der Waals surface area contributed by atoms with Crippen molar-refractivity contribution in [3.05, 3.63) is 99.7 Å². The van der Waals surface area contributed by atoms with Crippen LogP contribution in [0.25, 0.3) is 0 Å². The van der Waals surface area contributed by atoms with Gasteiger partial charge in [0.2, 0.25) is 0 Å². The van der Waals surface area contributed by atoms with E-state index in [0.29, 0.717) is 5.56 Å². The van der Waals surface area contributed by atoms with Crippen molar-refractivity contribution in [2.45, 2.75) is 107 Å². The number of anilines is 1.